The third kappa shape index (κ3) is 4.36. The van der Waals surface area contributed by atoms with E-state index in [2.05, 4.69) is 5.32 Å². The average molecular weight is 281 g/mol. The minimum Gasteiger partial charge on any atom is -0.352 e. The zero-order valence-electron chi connectivity index (χ0n) is 12.4. The molecule has 1 unspecified atom stereocenters. The van der Waals surface area contributed by atoms with E-state index in [1.165, 1.54) is 16.8 Å². The summed E-state index contributed by atoms with van der Waals surface area (Å²) < 4.78 is 2.42. The number of carbonyl (C=O) groups excluding carboxylic acids is 1. The molecular weight excluding hydrogens is 258 g/mol. The Bertz CT molecular complexity index is 560. The monoisotopic (exact) mass is 281 g/mol. The SMILES string of the molecule is CCCC(C)NC(=O)Cn1c(=O)ccn(CCC)c1=O. The first kappa shape index (κ1) is 16.2. The largest absolute Gasteiger partial charge is 0.352 e. The van der Waals surface area contributed by atoms with Crippen molar-refractivity contribution in [1.82, 2.24) is 14.5 Å². The van der Waals surface area contributed by atoms with Gasteiger partial charge in [0.15, 0.2) is 0 Å². The van der Waals surface area contributed by atoms with Crippen LogP contribution in [0.1, 0.15) is 40.0 Å². The van der Waals surface area contributed by atoms with Crippen molar-refractivity contribution in [2.45, 2.75) is 59.2 Å². The molecule has 20 heavy (non-hydrogen) atoms. The lowest BCUT2D eigenvalue weighted by atomic mass is 10.2. The van der Waals surface area contributed by atoms with Gasteiger partial charge in [0.2, 0.25) is 5.91 Å². The van der Waals surface area contributed by atoms with Gasteiger partial charge in [-0.25, -0.2) is 4.79 Å². The predicted molar refractivity (Wildman–Crippen MR) is 77.8 cm³/mol. The summed E-state index contributed by atoms with van der Waals surface area (Å²) in [6.45, 7) is 6.20. The number of aryl methyl sites for hydroxylation is 1. The second-order valence-corrected chi connectivity index (χ2v) is 4.97. The summed E-state index contributed by atoms with van der Waals surface area (Å²) in [7, 11) is 0. The molecule has 0 aliphatic rings. The van der Waals surface area contributed by atoms with Crippen LogP contribution in [0.3, 0.4) is 0 Å². The van der Waals surface area contributed by atoms with Crippen LogP contribution in [0.15, 0.2) is 21.9 Å². The zero-order chi connectivity index (χ0) is 15.1. The number of nitrogens with one attached hydrogen (secondary N) is 1. The van der Waals surface area contributed by atoms with Crippen molar-refractivity contribution in [1.29, 1.82) is 0 Å². The summed E-state index contributed by atoms with van der Waals surface area (Å²) in [4.78, 5) is 35.6. The molecule has 1 aromatic heterocycles. The van der Waals surface area contributed by atoms with Gasteiger partial charge in [-0.1, -0.05) is 20.3 Å². The van der Waals surface area contributed by atoms with Crippen molar-refractivity contribution in [3.63, 3.8) is 0 Å². The maximum atomic E-state index is 12.1. The molecule has 0 aliphatic carbocycles. The number of nitrogens with zero attached hydrogens (tertiary/aromatic N) is 2. The fourth-order valence-electron chi connectivity index (χ4n) is 2.08. The standard InChI is InChI=1S/C14H23N3O3/c1-4-6-11(3)15-12(18)10-17-13(19)7-9-16(8-5-2)14(17)20/h7,9,11H,4-6,8,10H2,1-3H3,(H,15,18). The highest BCUT2D eigenvalue weighted by molar-refractivity contribution is 5.75. The van der Waals surface area contributed by atoms with Crippen LogP contribution in [0.5, 0.6) is 0 Å². The molecule has 1 aromatic rings. The van der Waals surface area contributed by atoms with Gasteiger partial charge in [-0.05, 0) is 19.8 Å². The van der Waals surface area contributed by atoms with E-state index in [4.69, 9.17) is 0 Å². The summed E-state index contributed by atoms with van der Waals surface area (Å²) in [5, 5.41) is 2.79. The molecular formula is C14H23N3O3. The van der Waals surface area contributed by atoms with Crippen LogP contribution >= 0.6 is 0 Å². The fraction of sp³-hybridized carbons (Fsp3) is 0.643. The highest BCUT2D eigenvalue weighted by atomic mass is 16.2. The van der Waals surface area contributed by atoms with Crippen molar-refractivity contribution in [3.8, 4) is 0 Å². The number of rotatable bonds is 7. The van der Waals surface area contributed by atoms with E-state index in [0.717, 1.165) is 23.8 Å². The smallest absolute Gasteiger partial charge is 0.331 e. The third-order valence-corrected chi connectivity index (χ3v) is 3.03. The first-order chi connectivity index (χ1) is 9.49. The molecule has 112 valence electrons. The van der Waals surface area contributed by atoms with E-state index in [1.54, 1.807) is 0 Å². The number of amides is 1. The lowest BCUT2D eigenvalue weighted by Gasteiger charge is -2.13. The number of hydrogen-bond acceptors (Lipinski definition) is 3. The van der Waals surface area contributed by atoms with E-state index in [0.29, 0.717) is 6.54 Å². The highest BCUT2D eigenvalue weighted by Gasteiger charge is 2.11. The third-order valence-electron chi connectivity index (χ3n) is 3.03. The summed E-state index contributed by atoms with van der Waals surface area (Å²) >= 11 is 0. The van der Waals surface area contributed by atoms with Gasteiger partial charge in [0.1, 0.15) is 6.54 Å². The van der Waals surface area contributed by atoms with Gasteiger partial charge in [-0.15, -0.1) is 0 Å². The minimum absolute atomic E-state index is 0.0461. The van der Waals surface area contributed by atoms with E-state index >= 15 is 0 Å². The molecule has 0 spiro atoms. The van der Waals surface area contributed by atoms with Crippen molar-refractivity contribution >= 4 is 5.91 Å². The first-order valence-corrected chi connectivity index (χ1v) is 7.09. The van der Waals surface area contributed by atoms with E-state index in [-0.39, 0.29) is 18.5 Å². The first-order valence-electron chi connectivity index (χ1n) is 7.09. The van der Waals surface area contributed by atoms with Crippen LogP contribution in [0.25, 0.3) is 0 Å². The molecule has 1 rings (SSSR count). The molecule has 6 nitrogen and oxygen atoms in total. The molecule has 1 atom stereocenters. The lowest BCUT2D eigenvalue weighted by molar-refractivity contribution is -0.122. The summed E-state index contributed by atoms with van der Waals surface area (Å²) in [6, 6.07) is 1.37. The maximum absolute atomic E-state index is 12.1. The molecule has 0 aromatic carbocycles. The molecule has 1 N–H and O–H groups in total. The Labute approximate surface area is 118 Å². The zero-order valence-corrected chi connectivity index (χ0v) is 12.4. The van der Waals surface area contributed by atoms with E-state index in [1.807, 2.05) is 20.8 Å². The number of carbonyl (C=O) groups is 1. The lowest BCUT2D eigenvalue weighted by Crippen LogP contribution is -2.44. The Kier molecular flexibility index (Phi) is 6.21. The van der Waals surface area contributed by atoms with Gasteiger partial charge < -0.3 is 9.88 Å². The topological polar surface area (TPSA) is 73.1 Å². The molecule has 0 radical (unpaired) electrons. The van der Waals surface area contributed by atoms with E-state index in [9.17, 15) is 14.4 Å². The summed E-state index contributed by atoms with van der Waals surface area (Å²) in [5.41, 5.74) is -0.877. The van der Waals surface area contributed by atoms with Gasteiger partial charge >= 0.3 is 5.69 Å². The van der Waals surface area contributed by atoms with Crippen molar-refractivity contribution in [3.05, 3.63) is 33.1 Å². The number of aromatic nitrogens is 2. The normalized spacial score (nSPS) is 12.2. The second kappa shape index (κ2) is 7.67. The Morgan fingerprint density at radius 2 is 2.00 bits per heavy atom. The minimum atomic E-state index is -0.444. The van der Waals surface area contributed by atoms with E-state index < -0.39 is 11.2 Å². The molecule has 6 heteroatoms. The van der Waals surface area contributed by atoms with Crippen LogP contribution in [0.2, 0.25) is 0 Å². The number of hydrogen-bond donors (Lipinski definition) is 1. The Hall–Kier alpha value is -1.85. The van der Waals surface area contributed by atoms with Crippen molar-refractivity contribution < 1.29 is 4.79 Å². The maximum Gasteiger partial charge on any atom is 0.331 e. The average Bonchev–Trinajstić information content (AvgIpc) is 2.38. The van der Waals surface area contributed by atoms with Crippen molar-refractivity contribution in [2.75, 3.05) is 0 Å². The Balaban J connectivity index is 2.86. The molecule has 0 fully saturated rings. The van der Waals surface area contributed by atoms with Crippen LogP contribution < -0.4 is 16.6 Å². The molecule has 1 amide bonds. The molecule has 1 heterocycles. The van der Waals surface area contributed by atoms with Crippen LogP contribution in [0, 0.1) is 0 Å². The Morgan fingerprint density at radius 3 is 2.60 bits per heavy atom. The quantitative estimate of drug-likeness (QED) is 0.800. The molecule has 0 saturated carbocycles. The van der Waals surface area contributed by atoms with Crippen molar-refractivity contribution in [2.24, 2.45) is 0 Å². The van der Waals surface area contributed by atoms with Gasteiger partial charge in [0.05, 0.1) is 0 Å². The Morgan fingerprint density at radius 1 is 1.30 bits per heavy atom. The summed E-state index contributed by atoms with van der Waals surface area (Å²) in [6.07, 6.45) is 4.10. The van der Waals surface area contributed by atoms with Gasteiger partial charge in [-0.2, -0.15) is 0 Å². The van der Waals surface area contributed by atoms with Gasteiger partial charge in [0, 0.05) is 24.8 Å². The van der Waals surface area contributed by atoms with Crippen LogP contribution in [-0.2, 0) is 17.9 Å². The van der Waals surface area contributed by atoms with Gasteiger partial charge in [0.25, 0.3) is 5.56 Å². The molecule has 0 saturated heterocycles. The highest BCUT2D eigenvalue weighted by Crippen LogP contribution is 1.94. The van der Waals surface area contributed by atoms with Crippen LogP contribution in [-0.4, -0.2) is 21.1 Å². The van der Waals surface area contributed by atoms with Gasteiger partial charge in [-0.3, -0.25) is 14.2 Å². The molecule has 0 bridgehead atoms. The summed E-state index contributed by atoms with van der Waals surface area (Å²) in [5.74, 6) is -0.306. The second-order valence-electron chi connectivity index (χ2n) is 4.97. The fourth-order valence-corrected chi connectivity index (χ4v) is 2.08. The van der Waals surface area contributed by atoms with Crippen LogP contribution in [0.4, 0.5) is 0 Å². The molecule has 0 aliphatic heterocycles. The predicted octanol–water partition coefficient (Wildman–Crippen LogP) is 0.725.